The van der Waals surface area contributed by atoms with Crippen molar-refractivity contribution >= 4 is 23.6 Å². The smallest absolute Gasteiger partial charge is 0.328 e. The molecule has 0 aliphatic heterocycles. The summed E-state index contributed by atoms with van der Waals surface area (Å²) in [6.45, 7) is 9.00. The molecule has 0 radical (unpaired) electrons. The van der Waals surface area contributed by atoms with Gasteiger partial charge < -0.3 is 10.4 Å². The van der Waals surface area contributed by atoms with E-state index in [-0.39, 0.29) is 16.7 Å². The number of carboxylic acid groups (broad SMARTS) is 1. The fraction of sp³-hybridized carbons (Fsp3) is 0.333. The summed E-state index contributed by atoms with van der Waals surface area (Å²) in [5, 5.41) is 11.7. The molecule has 146 valence electrons. The van der Waals surface area contributed by atoms with Gasteiger partial charge in [-0.25, -0.2) is 4.79 Å². The van der Waals surface area contributed by atoms with Crippen LogP contribution in [0.15, 0.2) is 48.5 Å². The van der Waals surface area contributed by atoms with Gasteiger partial charge in [0.2, 0.25) is 0 Å². The molecule has 0 spiro atoms. The standard InChI is InChI=1S/C24H27NO3/c1-23(2)12-13-24(3,4)20-15-17(9-10-19(20)23)22(28)25-18-7-5-6-16(14-18)8-11-21(26)27/h5-11,14-15H,12-13H2,1-4H3,(H,25,28)(H,26,27)/b11-8+. The number of nitrogens with one attached hydrogen (secondary N) is 1. The highest BCUT2D eigenvalue weighted by Crippen LogP contribution is 2.45. The quantitative estimate of drug-likeness (QED) is 0.703. The topological polar surface area (TPSA) is 66.4 Å². The number of anilines is 1. The van der Waals surface area contributed by atoms with Crippen LogP contribution in [-0.4, -0.2) is 17.0 Å². The van der Waals surface area contributed by atoms with Gasteiger partial charge in [-0.3, -0.25) is 4.79 Å². The van der Waals surface area contributed by atoms with Gasteiger partial charge in [0, 0.05) is 17.3 Å². The number of carbonyl (C=O) groups excluding carboxylic acids is 1. The molecule has 2 aromatic rings. The molecule has 2 N–H and O–H groups in total. The molecule has 0 bridgehead atoms. The van der Waals surface area contributed by atoms with Crippen LogP contribution >= 0.6 is 0 Å². The summed E-state index contributed by atoms with van der Waals surface area (Å²) in [6.07, 6.45) is 4.81. The third-order valence-electron chi connectivity index (χ3n) is 5.68. The van der Waals surface area contributed by atoms with Gasteiger partial charge in [0.25, 0.3) is 5.91 Å². The minimum Gasteiger partial charge on any atom is -0.478 e. The number of fused-ring (bicyclic) bond motifs is 1. The van der Waals surface area contributed by atoms with E-state index in [1.807, 2.05) is 12.1 Å². The number of hydrogen-bond acceptors (Lipinski definition) is 2. The number of aliphatic carboxylic acids is 1. The largest absolute Gasteiger partial charge is 0.478 e. The van der Waals surface area contributed by atoms with E-state index >= 15 is 0 Å². The Morgan fingerprint density at radius 1 is 0.964 bits per heavy atom. The molecule has 1 aliphatic rings. The Balaban J connectivity index is 1.86. The highest BCUT2D eigenvalue weighted by atomic mass is 16.4. The zero-order chi connectivity index (χ0) is 20.5. The molecule has 4 heteroatoms. The van der Waals surface area contributed by atoms with Crippen LogP contribution in [0, 0.1) is 0 Å². The van der Waals surface area contributed by atoms with Crippen LogP contribution in [0.25, 0.3) is 6.08 Å². The second-order valence-corrected chi connectivity index (χ2v) is 8.78. The summed E-state index contributed by atoms with van der Waals surface area (Å²) in [4.78, 5) is 23.5. The van der Waals surface area contributed by atoms with Crippen molar-refractivity contribution in [3.8, 4) is 0 Å². The molecule has 0 heterocycles. The van der Waals surface area contributed by atoms with Crippen molar-refractivity contribution in [3.05, 3.63) is 70.8 Å². The Morgan fingerprint density at radius 3 is 2.32 bits per heavy atom. The van der Waals surface area contributed by atoms with E-state index in [0.29, 0.717) is 16.8 Å². The summed E-state index contributed by atoms with van der Waals surface area (Å²) >= 11 is 0. The highest BCUT2D eigenvalue weighted by Gasteiger charge is 2.37. The SMILES string of the molecule is CC1(C)CCC(C)(C)c2cc(C(=O)Nc3cccc(/C=C/C(=O)O)c3)ccc21. The fourth-order valence-corrected chi connectivity index (χ4v) is 3.82. The number of amides is 1. The average Bonchev–Trinajstić information content (AvgIpc) is 2.64. The van der Waals surface area contributed by atoms with Crippen molar-refractivity contribution in [2.75, 3.05) is 5.32 Å². The number of carbonyl (C=O) groups is 2. The van der Waals surface area contributed by atoms with Gasteiger partial charge in [0.1, 0.15) is 0 Å². The maximum absolute atomic E-state index is 12.8. The van der Waals surface area contributed by atoms with Gasteiger partial charge in [0.05, 0.1) is 0 Å². The van der Waals surface area contributed by atoms with Crippen molar-refractivity contribution in [2.45, 2.75) is 51.4 Å². The molecule has 0 atom stereocenters. The first-order chi connectivity index (χ1) is 13.1. The number of rotatable bonds is 4. The first-order valence-electron chi connectivity index (χ1n) is 9.56. The Labute approximate surface area is 166 Å². The Morgan fingerprint density at radius 2 is 1.64 bits per heavy atom. The van der Waals surface area contributed by atoms with Crippen molar-refractivity contribution in [1.82, 2.24) is 0 Å². The van der Waals surface area contributed by atoms with Gasteiger partial charge in [0.15, 0.2) is 0 Å². The summed E-state index contributed by atoms with van der Waals surface area (Å²) in [7, 11) is 0. The summed E-state index contributed by atoms with van der Waals surface area (Å²) < 4.78 is 0. The summed E-state index contributed by atoms with van der Waals surface area (Å²) in [5.74, 6) is -1.17. The molecule has 0 fully saturated rings. The monoisotopic (exact) mass is 377 g/mol. The second kappa shape index (κ2) is 7.27. The van der Waals surface area contributed by atoms with Gasteiger partial charge in [-0.1, -0.05) is 45.9 Å². The Hall–Kier alpha value is -2.88. The maximum atomic E-state index is 12.8. The Kier molecular flexibility index (Phi) is 5.16. The lowest BCUT2D eigenvalue weighted by Gasteiger charge is -2.42. The molecule has 2 aromatic carbocycles. The van der Waals surface area contributed by atoms with Crippen LogP contribution in [0.2, 0.25) is 0 Å². The molecule has 1 aliphatic carbocycles. The molecule has 0 saturated carbocycles. The van der Waals surface area contributed by atoms with E-state index in [0.717, 1.165) is 18.9 Å². The number of benzene rings is 2. The maximum Gasteiger partial charge on any atom is 0.328 e. The average molecular weight is 377 g/mol. The van der Waals surface area contributed by atoms with E-state index in [1.54, 1.807) is 24.3 Å². The lowest BCUT2D eigenvalue weighted by atomic mass is 9.63. The van der Waals surface area contributed by atoms with E-state index in [9.17, 15) is 9.59 Å². The van der Waals surface area contributed by atoms with Crippen LogP contribution in [0.1, 0.15) is 67.6 Å². The van der Waals surface area contributed by atoms with E-state index in [4.69, 9.17) is 5.11 Å². The van der Waals surface area contributed by atoms with Crippen molar-refractivity contribution in [1.29, 1.82) is 0 Å². The predicted octanol–water partition coefficient (Wildman–Crippen LogP) is 5.39. The molecule has 28 heavy (non-hydrogen) atoms. The van der Waals surface area contributed by atoms with Crippen LogP contribution in [-0.2, 0) is 15.6 Å². The van der Waals surface area contributed by atoms with E-state index in [2.05, 4.69) is 39.1 Å². The zero-order valence-corrected chi connectivity index (χ0v) is 16.9. The summed E-state index contributed by atoms with van der Waals surface area (Å²) in [6, 6.07) is 13.1. The van der Waals surface area contributed by atoms with Gasteiger partial charge >= 0.3 is 5.97 Å². The number of carboxylic acids is 1. The third kappa shape index (κ3) is 4.16. The summed E-state index contributed by atoms with van der Waals surface area (Å²) in [5.41, 5.74) is 4.71. The fourth-order valence-electron chi connectivity index (χ4n) is 3.82. The molecule has 3 rings (SSSR count). The first kappa shape index (κ1) is 19.9. The predicted molar refractivity (Wildman–Crippen MR) is 113 cm³/mol. The van der Waals surface area contributed by atoms with Crippen molar-refractivity contribution in [2.24, 2.45) is 0 Å². The molecular formula is C24H27NO3. The molecule has 0 saturated heterocycles. The minimum atomic E-state index is -1.01. The molecule has 4 nitrogen and oxygen atoms in total. The van der Waals surface area contributed by atoms with Crippen LogP contribution in [0.5, 0.6) is 0 Å². The molecule has 1 amide bonds. The zero-order valence-electron chi connectivity index (χ0n) is 16.9. The normalized spacial score (nSPS) is 17.1. The molecule has 0 unspecified atom stereocenters. The van der Waals surface area contributed by atoms with Crippen molar-refractivity contribution < 1.29 is 14.7 Å². The van der Waals surface area contributed by atoms with E-state index in [1.165, 1.54) is 17.2 Å². The number of hydrogen-bond donors (Lipinski definition) is 2. The molecule has 0 aromatic heterocycles. The Bertz CT molecular complexity index is 954. The lowest BCUT2D eigenvalue weighted by molar-refractivity contribution is -0.131. The lowest BCUT2D eigenvalue weighted by Crippen LogP contribution is -2.34. The van der Waals surface area contributed by atoms with Crippen LogP contribution in [0.4, 0.5) is 5.69 Å². The van der Waals surface area contributed by atoms with Gasteiger partial charge in [-0.15, -0.1) is 0 Å². The van der Waals surface area contributed by atoms with Crippen molar-refractivity contribution in [3.63, 3.8) is 0 Å². The van der Waals surface area contributed by atoms with Crippen LogP contribution in [0.3, 0.4) is 0 Å². The molecular weight excluding hydrogens is 350 g/mol. The van der Waals surface area contributed by atoms with Crippen LogP contribution < -0.4 is 5.32 Å². The van der Waals surface area contributed by atoms with E-state index < -0.39 is 5.97 Å². The van der Waals surface area contributed by atoms with Gasteiger partial charge in [-0.2, -0.15) is 0 Å². The third-order valence-corrected chi connectivity index (χ3v) is 5.68. The first-order valence-corrected chi connectivity index (χ1v) is 9.56. The highest BCUT2D eigenvalue weighted by molar-refractivity contribution is 6.04. The van der Waals surface area contributed by atoms with Gasteiger partial charge in [-0.05, 0) is 70.7 Å². The minimum absolute atomic E-state index is 0.0443. The second-order valence-electron chi connectivity index (χ2n) is 8.78.